The molecule has 1 spiro atoms. The van der Waals surface area contributed by atoms with E-state index in [9.17, 15) is 23.2 Å². The maximum atomic E-state index is 15.9. The molecule has 0 saturated carbocycles. The number of nitrogens with one attached hydrogen (secondary N) is 2. The van der Waals surface area contributed by atoms with E-state index in [1.54, 1.807) is 71.8 Å². The number of anilines is 4. The maximum absolute atomic E-state index is 15.9. The molecule has 3 amide bonds. The topological polar surface area (TPSA) is 104 Å². The van der Waals surface area contributed by atoms with Crippen LogP contribution in [0.1, 0.15) is 48.8 Å². The number of para-hydroxylation sites is 2. The van der Waals surface area contributed by atoms with Crippen LogP contribution in [0.25, 0.3) is 10.4 Å². The van der Waals surface area contributed by atoms with E-state index >= 15 is 4.39 Å². The summed E-state index contributed by atoms with van der Waals surface area (Å²) in [5.41, 5.74) is 2.18. The molecule has 0 unspecified atom stereocenters. The van der Waals surface area contributed by atoms with Gasteiger partial charge in [0.25, 0.3) is 17.7 Å². The number of carbonyl (C=O) groups is 3. The molecule has 3 aliphatic rings. The van der Waals surface area contributed by atoms with Crippen molar-refractivity contribution in [2.24, 2.45) is 5.41 Å². The fourth-order valence-electron chi connectivity index (χ4n) is 7.19. The van der Waals surface area contributed by atoms with Crippen molar-refractivity contribution < 1.29 is 32.3 Å². The van der Waals surface area contributed by atoms with Crippen LogP contribution in [0.15, 0.2) is 85.1 Å². The fourth-order valence-corrected chi connectivity index (χ4v) is 8.34. The third-order valence-electron chi connectivity index (χ3n) is 9.95. The summed E-state index contributed by atoms with van der Waals surface area (Å²) in [5.74, 6) is -3.72. The molecule has 8 rings (SSSR count). The summed E-state index contributed by atoms with van der Waals surface area (Å²) in [6, 6.07) is 20.2. The number of halogens is 3. The minimum absolute atomic E-state index is 0.0902. The van der Waals surface area contributed by atoms with E-state index in [1.807, 2.05) is 0 Å². The molecule has 2 N–H and O–H groups in total. The van der Waals surface area contributed by atoms with Gasteiger partial charge in [-0.05, 0) is 73.9 Å². The number of rotatable bonds is 6. The van der Waals surface area contributed by atoms with E-state index in [1.165, 1.54) is 6.07 Å². The van der Waals surface area contributed by atoms with E-state index in [4.69, 9.17) is 4.74 Å². The van der Waals surface area contributed by atoms with Gasteiger partial charge in [0.2, 0.25) is 0 Å². The van der Waals surface area contributed by atoms with E-state index in [0.29, 0.717) is 38.8 Å². The van der Waals surface area contributed by atoms with E-state index < -0.39 is 29.0 Å². The number of fused-ring (bicyclic) bond motifs is 3. The lowest BCUT2D eigenvalue weighted by Gasteiger charge is -2.53. The molecule has 264 valence electrons. The first kappa shape index (κ1) is 33.6. The Kier molecular flexibility index (Phi) is 8.76. The van der Waals surface area contributed by atoms with Gasteiger partial charge >= 0.3 is 0 Å². The molecule has 5 aromatic rings. The van der Waals surface area contributed by atoms with Gasteiger partial charge in [-0.2, -0.15) is 0 Å². The zero-order chi connectivity index (χ0) is 36.0. The van der Waals surface area contributed by atoms with Gasteiger partial charge in [-0.3, -0.25) is 14.4 Å². The van der Waals surface area contributed by atoms with Crippen LogP contribution in [-0.4, -0.2) is 55.6 Å². The molecule has 2 aromatic heterocycles. The lowest BCUT2D eigenvalue weighted by atomic mass is 9.73. The predicted molar refractivity (Wildman–Crippen MR) is 193 cm³/mol. The third-order valence-corrected chi connectivity index (χ3v) is 11.2. The summed E-state index contributed by atoms with van der Waals surface area (Å²) in [7, 11) is 0. The Morgan fingerprint density at radius 1 is 0.827 bits per heavy atom. The second-order valence-corrected chi connectivity index (χ2v) is 14.2. The summed E-state index contributed by atoms with van der Waals surface area (Å²) in [6.07, 6.45) is 3.77. The molecule has 0 radical (unpaired) electrons. The molecule has 52 heavy (non-hydrogen) atoms. The smallest absolute Gasteiger partial charge is 0.268 e. The second kappa shape index (κ2) is 13.5. The first-order valence-electron chi connectivity index (χ1n) is 16.9. The van der Waals surface area contributed by atoms with Crippen LogP contribution in [0.4, 0.5) is 36.1 Å². The van der Waals surface area contributed by atoms with Crippen molar-refractivity contribution in [3.05, 3.63) is 124 Å². The number of benzene rings is 3. The van der Waals surface area contributed by atoms with Gasteiger partial charge in [0.05, 0.1) is 11.3 Å². The Labute approximate surface area is 301 Å². The minimum atomic E-state index is -0.977. The van der Waals surface area contributed by atoms with Crippen LogP contribution in [-0.2, 0) is 11.2 Å². The van der Waals surface area contributed by atoms with E-state index in [-0.39, 0.29) is 40.6 Å². The Morgan fingerprint density at radius 2 is 1.56 bits per heavy atom. The van der Waals surface area contributed by atoms with Crippen molar-refractivity contribution in [2.75, 3.05) is 53.3 Å². The lowest BCUT2D eigenvalue weighted by molar-refractivity contribution is -0.000510. The first-order valence-corrected chi connectivity index (χ1v) is 17.7. The van der Waals surface area contributed by atoms with Crippen LogP contribution < -0.4 is 20.4 Å². The molecule has 2 fully saturated rings. The van der Waals surface area contributed by atoms with E-state index in [0.717, 1.165) is 62.6 Å². The average Bonchev–Trinajstić information content (AvgIpc) is 3.38. The fraction of sp³-hybridized carbons (Fsp3) is 0.231. The van der Waals surface area contributed by atoms with Crippen molar-refractivity contribution in [3.8, 4) is 10.4 Å². The summed E-state index contributed by atoms with van der Waals surface area (Å²) in [5, 5.41) is 5.09. The number of hydrogen-bond donors (Lipinski definition) is 2. The van der Waals surface area contributed by atoms with Gasteiger partial charge in [0, 0.05) is 71.7 Å². The van der Waals surface area contributed by atoms with Crippen molar-refractivity contribution in [1.29, 1.82) is 0 Å². The monoisotopic (exact) mass is 723 g/mol. The number of ether oxygens (including phenoxy) is 1. The highest BCUT2D eigenvalue weighted by Gasteiger charge is 2.45. The number of pyridine rings is 1. The third kappa shape index (κ3) is 6.09. The molecule has 13 heteroatoms. The van der Waals surface area contributed by atoms with Gasteiger partial charge in [0.1, 0.15) is 28.0 Å². The molecule has 3 aliphatic heterocycles. The van der Waals surface area contributed by atoms with Crippen molar-refractivity contribution in [2.45, 2.75) is 19.3 Å². The molecule has 0 atom stereocenters. The van der Waals surface area contributed by atoms with Crippen LogP contribution in [0, 0.1) is 22.9 Å². The quantitative estimate of drug-likeness (QED) is 0.188. The Bertz CT molecular complexity index is 2190. The van der Waals surface area contributed by atoms with Crippen molar-refractivity contribution >= 4 is 51.9 Å². The largest absolute Gasteiger partial charge is 0.381 e. The second-order valence-electron chi connectivity index (χ2n) is 13.2. The maximum Gasteiger partial charge on any atom is 0.268 e. The normalized spacial score (nSPS) is 16.0. The molecule has 5 heterocycles. The van der Waals surface area contributed by atoms with Crippen molar-refractivity contribution in [3.63, 3.8) is 0 Å². The molecule has 0 aliphatic carbocycles. The van der Waals surface area contributed by atoms with Crippen LogP contribution in [0.5, 0.6) is 0 Å². The summed E-state index contributed by atoms with van der Waals surface area (Å²) in [4.78, 5) is 48.8. The summed E-state index contributed by atoms with van der Waals surface area (Å²) < 4.78 is 49.8. The first-order chi connectivity index (χ1) is 25.2. The summed E-state index contributed by atoms with van der Waals surface area (Å²) >= 11 is 0.863. The Hall–Kier alpha value is -5.53. The Balaban J connectivity index is 0.984. The zero-order valence-corrected chi connectivity index (χ0v) is 28.6. The molecular weight excluding hydrogens is 692 g/mol. The van der Waals surface area contributed by atoms with Gasteiger partial charge in [-0.1, -0.05) is 24.3 Å². The number of amides is 3. The standard InChI is InChI=1S/C39H32F3N5O4S/c40-28-7-3-8-29(41)32(28)45-37(49)34-31(42)26-14-18-47(30-9-2-1-5-25(30)33(26)52-34)38(50)23-10-12-24(13-11-23)44-36(48)27-6-4-17-43-35(27)46-21-39(22-46)15-19-51-20-16-39/h1-13,17H,14-16,18-22H2,(H,44,48)(H,45,49). The Morgan fingerprint density at radius 3 is 2.31 bits per heavy atom. The molecule has 2 saturated heterocycles. The van der Waals surface area contributed by atoms with Crippen molar-refractivity contribution in [1.82, 2.24) is 4.98 Å². The highest BCUT2D eigenvalue weighted by atomic mass is 32.1. The molecule has 3 aromatic carbocycles. The molecular formula is C39H32F3N5O4S. The van der Waals surface area contributed by atoms with Gasteiger partial charge in [-0.15, -0.1) is 11.3 Å². The van der Waals surface area contributed by atoms with Crippen LogP contribution >= 0.6 is 11.3 Å². The number of carbonyl (C=O) groups excluding carboxylic acids is 3. The highest BCUT2D eigenvalue weighted by molar-refractivity contribution is 7.17. The van der Waals surface area contributed by atoms with Gasteiger partial charge in [0.15, 0.2) is 5.82 Å². The van der Waals surface area contributed by atoms with Gasteiger partial charge < -0.3 is 25.2 Å². The van der Waals surface area contributed by atoms with Gasteiger partial charge in [-0.25, -0.2) is 18.2 Å². The molecule has 9 nitrogen and oxygen atoms in total. The van der Waals surface area contributed by atoms with Crippen LogP contribution in [0.3, 0.4) is 0 Å². The average molecular weight is 724 g/mol. The number of aromatic nitrogens is 1. The predicted octanol–water partition coefficient (Wildman–Crippen LogP) is 7.55. The van der Waals surface area contributed by atoms with E-state index in [2.05, 4.69) is 20.5 Å². The zero-order valence-electron chi connectivity index (χ0n) is 27.8. The molecule has 0 bridgehead atoms. The number of thiophene rings is 1. The summed E-state index contributed by atoms with van der Waals surface area (Å²) in [6.45, 7) is 3.27. The van der Waals surface area contributed by atoms with Crippen LogP contribution in [0.2, 0.25) is 0 Å². The lowest BCUT2D eigenvalue weighted by Crippen LogP contribution is -2.59. The number of nitrogens with zero attached hydrogens (tertiary/aromatic N) is 3. The SMILES string of the molecule is O=C(Nc1ccc(C(=O)N2CCc3c(sc(C(=O)Nc4c(F)cccc4F)c3F)-c3ccccc32)cc1)c1cccnc1N1CC2(CCOCC2)C1. The highest BCUT2D eigenvalue weighted by Crippen LogP contribution is 2.44. The minimum Gasteiger partial charge on any atom is -0.381 e. The number of hydrogen-bond acceptors (Lipinski definition) is 7.